The number of aryl methyl sites for hydroxylation is 1. The van der Waals surface area contributed by atoms with Crippen molar-refractivity contribution >= 4 is 23.2 Å². The van der Waals surface area contributed by atoms with Gasteiger partial charge in [0.1, 0.15) is 5.82 Å². The van der Waals surface area contributed by atoms with Crippen LogP contribution < -0.4 is 16.6 Å². The molecule has 5 N–H and O–H groups in total. The number of carbonyl (C=O) groups excluding carboxylic acids is 1. The van der Waals surface area contributed by atoms with Gasteiger partial charge in [-0.2, -0.15) is 0 Å². The zero-order valence-electron chi connectivity index (χ0n) is 19.2. The summed E-state index contributed by atoms with van der Waals surface area (Å²) in [6, 6.07) is 11.2. The van der Waals surface area contributed by atoms with Gasteiger partial charge >= 0.3 is 5.97 Å². The summed E-state index contributed by atoms with van der Waals surface area (Å²) in [4.78, 5) is 27.0. The minimum Gasteiger partial charge on any atom is -0.478 e. The molecule has 2 aromatic carbocycles. The van der Waals surface area contributed by atoms with E-state index in [1.807, 2.05) is 0 Å². The first-order chi connectivity index (χ1) is 16.2. The van der Waals surface area contributed by atoms with Crippen LogP contribution in [0.5, 0.6) is 0 Å². The van der Waals surface area contributed by atoms with Crippen molar-refractivity contribution in [2.45, 2.75) is 46.2 Å². The molecule has 0 fully saturated rings. The molecule has 0 aliphatic heterocycles. The third-order valence-corrected chi connectivity index (χ3v) is 7.59. The van der Waals surface area contributed by atoms with Gasteiger partial charge in [-0.05, 0) is 71.2 Å². The van der Waals surface area contributed by atoms with Gasteiger partial charge in [-0.1, -0.05) is 32.0 Å². The molecule has 1 aromatic heterocycles. The van der Waals surface area contributed by atoms with Crippen LogP contribution in [0.1, 0.15) is 62.6 Å². The fourth-order valence-corrected chi connectivity index (χ4v) is 5.78. The van der Waals surface area contributed by atoms with E-state index in [1.54, 1.807) is 30.3 Å². The molecule has 1 amide bonds. The Morgan fingerprint density at radius 1 is 1.15 bits per heavy atom. The lowest BCUT2D eigenvalue weighted by molar-refractivity contribution is 0.0696. The molecule has 6 nitrogen and oxygen atoms in total. The number of aromatic carboxylic acids is 1. The lowest BCUT2D eigenvalue weighted by atomic mass is 9.76. The molecule has 8 heteroatoms. The highest BCUT2D eigenvalue weighted by Gasteiger charge is 2.33. The Balaban J connectivity index is 1.71. The van der Waals surface area contributed by atoms with Gasteiger partial charge in [-0.15, -0.1) is 11.3 Å². The molecule has 0 saturated carbocycles. The summed E-state index contributed by atoms with van der Waals surface area (Å²) in [5, 5.41) is 13.0. The Labute approximate surface area is 202 Å². The average Bonchev–Trinajstić information content (AvgIpc) is 3.16. The summed E-state index contributed by atoms with van der Waals surface area (Å²) in [6.45, 7) is 4.91. The number of amides is 1. The number of benzene rings is 2. The number of thiophene rings is 1. The molecule has 34 heavy (non-hydrogen) atoms. The van der Waals surface area contributed by atoms with E-state index in [2.05, 4.69) is 24.6 Å². The Hall–Kier alpha value is -3.07. The lowest BCUT2D eigenvalue weighted by Crippen LogP contribution is -2.24. The van der Waals surface area contributed by atoms with Crippen LogP contribution in [0.3, 0.4) is 0 Å². The molecule has 0 unspecified atom stereocenters. The number of nitrogens with two attached hydrogens (primary N) is 1. The van der Waals surface area contributed by atoms with E-state index in [-0.39, 0.29) is 23.7 Å². The van der Waals surface area contributed by atoms with Crippen molar-refractivity contribution in [1.29, 1.82) is 0 Å². The molecule has 1 aliphatic carbocycles. The number of rotatable bonds is 7. The molecular formula is C26H28FN3O3S. The van der Waals surface area contributed by atoms with Crippen LogP contribution in [0.2, 0.25) is 0 Å². The first-order valence-corrected chi connectivity index (χ1v) is 12.0. The van der Waals surface area contributed by atoms with Crippen molar-refractivity contribution in [3.05, 3.63) is 81.0 Å². The molecule has 0 atom stereocenters. The standard InChI is InChI=1S/C26H28FN3O3S/c1-26(2)10-9-21-20(12-26)22(25(32)33)23(34-21)19-11-16(5-6-17(19)14-30-28)24(31)29-13-15-3-7-18(27)8-4-15/h3-8,11,30H,9-10,12-14,28H2,1-2H3,(H,29,31)(H,32,33). The van der Waals surface area contributed by atoms with Crippen molar-refractivity contribution in [3.8, 4) is 10.4 Å². The number of nitrogens with one attached hydrogen (secondary N) is 2. The van der Waals surface area contributed by atoms with Crippen LogP contribution in [-0.4, -0.2) is 17.0 Å². The van der Waals surface area contributed by atoms with E-state index < -0.39 is 5.97 Å². The van der Waals surface area contributed by atoms with Gasteiger partial charge in [0.05, 0.1) is 5.56 Å². The number of carboxylic acids is 1. The minimum atomic E-state index is -0.956. The predicted molar refractivity (Wildman–Crippen MR) is 131 cm³/mol. The van der Waals surface area contributed by atoms with E-state index in [9.17, 15) is 19.1 Å². The van der Waals surface area contributed by atoms with Gasteiger partial charge in [-0.25, -0.2) is 9.18 Å². The van der Waals surface area contributed by atoms with Crippen LogP contribution in [-0.2, 0) is 25.9 Å². The second kappa shape index (κ2) is 9.66. The van der Waals surface area contributed by atoms with Gasteiger partial charge in [0.15, 0.2) is 0 Å². The van der Waals surface area contributed by atoms with Gasteiger partial charge in [0, 0.05) is 28.4 Å². The summed E-state index contributed by atoms with van der Waals surface area (Å²) in [5.41, 5.74) is 6.63. The first kappa shape index (κ1) is 24.1. The lowest BCUT2D eigenvalue weighted by Gasteiger charge is -2.29. The van der Waals surface area contributed by atoms with Gasteiger partial charge in [-0.3, -0.25) is 16.1 Å². The largest absolute Gasteiger partial charge is 0.478 e. The monoisotopic (exact) mass is 481 g/mol. The zero-order valence-corrected chi connectivity index (χ0v) is 20.0. The number of carbonyl (C=O) groups is 2. The fraction of sp³-hybridized carbons (Fsp3) is 0.308. The van der Waals surface area contributed by atoms with Crippen LogP contribution in [0.4, 0.5) is 4.39 Å². The number of halogens is 1. The van der Waals surface area contributed by atoms with Crippen LogP contribution >= 0.6 is 11.3 Å². The van der Waals surface area contributed by atoms with Gasteiger partial charge < -0.3 is 10.4 Å². The van der Waals surface area contributed by atoms with Crippen LogP contribution in [0.25, 0.3) is 10.4 Å². The quantitative estimate of drug-likeness (QED) is 0.290. The normalized spacial score (nSPS) is 14.5. The Bertz CT molecular complexity index is 1230. The third kappa shape index (κ3) is 5.04. The molecular weight excluding hydrogens is 453 g/mol. The molecule has 0 spiro atoms. The summed E-state index contributed by atoms with van der Waals surface area (Å²) in [6.07, 6.45) is 2.56. The second-order valence-electron chi connectivity index (χ2n) is 9.42. The molecule has 1 aliphatic rings. The molecule has 3 aromatic rings. The predicted octanol–water partition coefficient (Wildman–Crippen LogP) is 4.66. The van der Waals surface area contributed by atoms with E-state index in [0.29, 0.717) is 34.5 Å². The summed E-state index contributed by atoms with van der Waals surface area (Å²) in [5.74, 6) is 4.01. The molecule has 178 valence electrons. The molecule has 0 radical (unpaired) electrons. The maximum Gasteiger partial charge on any atom is 0.337 e. The van der Waals surface area contributed by atoms with Gasteiger partial charge in [0.2, 0.25) is 0 Å². The van der Waals surface area contributed by atoms with Gasteiger partial charge in [0.25, 0.3) is 5.91 Å². The van der Waals surface area contributed by atoms with Crippen LogP contribution in [0, 0.1) is 11.2 Å². The van der Waals surface area contributed by atoms with E-state index in [0.717, 1.165) is 34.4 Å². The molecule has 4 rings (SSSR count). The Morgan fingerprint density at radius 3 is 2.56 bits per heavy atom. The van der Waals surface area contributed by atoms with Crippen molar-refractivity contribution < 1.29 is 19.1 Å². The van der Waals surface area contributed by atoms with Crippen molar-refractivity contribution in [2.24, 2.45) is 11.3 Å². The highest BCUT2D eigenvalue weighted by Crippen LogP contribution is 2.46. The maximum absolute atomic E-state index is 13.1. The highest BCUT2D eigenvalue weighted by atomic mass is 32.1. The first-order valence-electron chi connectivity index (χ1n) is 11.2. The zero-order chi connectivity index (χ0) is 24.5. The molecule has 0 bridgehead atoms. The minimum absolute atomic E-state index is 0.0409. The number of carboxylic acid groups (broad SMARTS) is 1. The van der Waals surface area contributed by atoms with E-state index in [4.69, 9.17) is 5.84 Å². The number of hydrazine groups is 1. The number of hydrogen-bond donors (Lipinski definition) is 4. The number of hydrogen-bond acceptors (Lipinski definition) is 5. The van der Waals surface area contributed by atoms with E-state index >= 15 is 0 Å². The average molecular weight is 482 g/mol. The summed E-state index contributed by atoms with van der Waals surface area (Å²) < 4.78 is 13.1. The topological polar surface area (TPSA) is 104 Å². The smallest absolute Gasteiger partial charge is 0.337 e. The van der Waals surface area contributed by atoms with Crippen molar-refractivity contribution in [1.82, 2.24) is 10.7 Å². The summed E-state index contributed by atoms with van der Waals surface area (Å²) in [7, 11) is 0. The molecule has 0 saturated heterocycles. The van der Waals surface area contributed by atoms with Crippen molar-refractivity contribution in [2.75, 3.05) is 0 Å². The van der Waals surface area contributed by atoms with Crippen LogP contribution in [0.15, 0.2) is 42.5 Å². The van der Waals surface area contributed by atoms with E-state index in [1.165, 1.54) is 23.5 Å². The third-order valence-electron chi connectivity index (χ3n) is 6.26. The second-order valence-corrected chi connectivity index (χ2v) is 10.5. The Morgan fingerprint density at radius 2 is 1.88 bits per heavy atom. The summed E-state index contributed by atoms with van der Waals surface area (Å²) >= 11 is 1.50. The maximum atomic E-state index is 13.1. The van der Waals surface area contributed by atoms with Crippen molar-refractivity contribution in [3.63, 3.8) is 0 Å². The Kier molecular flexibility index (Phi) is 6.84. The fourth-order valence-electron chi connectivity index (χ4n) is 4.42. The number of fused-ring (bicyclic) bond motifs is 1. The SMILES string of the molecule is CC1(C)CCc2sc(-c3cc(C(=O)NCc4ccc(F)cc4)ccc3CNN)c(C(=O)O)c2C1. The molecule has 1 heterocycles. The highest BCUT2D eigenvalue weighted by molar-refractivity contribution is 7.16.